The number of rotatable bonds is 2. The van der Waals surface area contributed by atoms with E-state index in [-0.39, 0.29) is 40.0 Å². The van der Waals surface area contributed by atoms with E-state index in [0.717, 1.165) is 0 Å². The summed E-state index contributed by atoms with van der Waals surface area (Å²) >= 11 is 1.78. The van der Waals surface area contributed by atoms with Crippen LogP contribution in [-0.2, 0) is 0 Å². The molecule has 0 nitrogen and oxygen atoms in total. The molecule has 2 aromatic carbocycles. The van der Waals surface area contributed by atoms with Gasteiger partial charge >= 0.3 is 23.1 Å². The standard InChI is InChI=1S/C13H11S.BrH.Mg/c1-14-13-10-6-5-9-12(13)11-7-3-2-4-8-11;;/h2-3,5-10H,1H3;1H;/q-1;;+2/p-1. The molecule has 0 aliphatic heterocycles. The smallest absolute Gasteiger partial charge is 1.00 e. The third-order valence-electron chi connectivity index (χ3n) is 2.13. The fraction of sp³-hybridized carbons (Fsp3) is 0.0769. The first kappa shape index (κ1) is 16.0. The first-order chi connectivity index (χ1) is 6.92. The van der Waals surface area contributed by atoms with Crippen LogP contribution in [0.25, 0.3) is 11.1 Å². The molecule has 0 bridgehead atoms. The van der Waals surface area contributed by atoms with Gasteiger partial charge in [-0.2, -0.15) is 30.3 Å². The van der Waals surface area contributed by atoms with E-state index in [2.05, 4.69) is 42.7 Å². The molecule has 0 amide bonds. The Hall–Kier alpha value is 0.0362. The summed E-state index contributed by atoms with van der Waals surface area (Å²) in [7, 11) is 0. The second-order valence-electron chi connectivity index (χ2n) is 2.99. The van der Waals surface area contributed by atoms with Crippen LogP contribution < -0.4 is 17.0 Å². The van der Waals surface area contributed by atoms with Gasteiger partial charge < -0.3 is 17.0 Å². The average Bonchev–Trinajstić information content (AvgIpc) is 2.30. The molecular weight excluding hydrogens is 292 g/mol. The number of hydrogen-bond donors (Lipinski definition) is 0. The van der Waals surface area contributed by atoms with Gasteiger partial charge in [0.1, 0.15) is 0 Å². The van der Waals surface area contributed by atoms with Crippen molar-refractivity contribution in [3.8, 4) is 11.1 Å². The summed E-state index contributed by atoms with van der Waals surface area (Å²) in [5, 5.41) is 0. The summed E-state index contributed by atoms with van der Waals surface area (Å²) in [6, 6.07) is 19.6. The Bertz CT molecular complexity index is 417. The SMILES string of the molecule is CSc1ccccc1-c1c[c-]ccc1.[Br-].[Mg+2]. The molecule has 3 heteroatoms. The van der Waals surface area contributed by atoms with Gasteiger partial charge in [-0.15, -0.1) is 17.3 Å². The Morgan fingerprint density at radius 2 is 1.81 bits per heavy atom. The molecule has 0 saturated carbocycles. The molecule has 2 aromatic rings. The van der Waals surface area contributed by atoms with E-state index < -0.39 is 0 Å². The molecule has 0 radical (unpaired) electrons. The fourth-order valence-corrected chi connectivity index (χ4v) is 2.06. The molecular formula is C13H11BrMgS. The zero-order valence-electron chi connectivity index (χ0n) is 9.11. The van der Waals surface area contributed by atoms with E-state index in [0.29, 0.717) is 0 Å². The maximum atomic E-state index is 3.10. The zero-order chi connectivity index (χ0) is 9.80. The molecule has 0 unspecified atom stereocenters. The molecule has 0 heterocycles. The molecule has 0 fully saturated rings. The van der Waals surface area contributed by atoms with Crippen LogP contribution in [0.1, 0.15) is 0 Å². The molecule has 2 rings (SSSR count). The predicted molar refractivity (Wildman–Crippen MR) is 68.2 cm³/mol. The Morgan fingerprint density at radius 3 is 2.44 bits per heavy atom. The Labute approximate surface area is 128 Å². The van der Waals surface area contributed by atoms with E-state index in [4.69, 9.17) is 0 Å². The van der Waals surface area contributed by atoms with Crippen LogP contribution >= 0.6 is 11.8 Å². The largest absolute Gasteiger partial charge is 2.00 e. The van der Waals surface area contributed by atoms with Crippen LogP contribution in [0.5, 0.6) is 0 Å². The summed E-state index contributed by atoms with van der Waals surface area (Å²) < 4.78 is 0. The summed E-state index contributed by atoms with van der Waals surface area (Å²) in [5.41, 5.74) is 2.52. The molecule has 0 aliphatic carbocycles. The molecule has 0 spiro atoms. The third-order valence-corrected chi connectivity index (χ3v) is 2.92. The minimum absolute atomic E-state index is 0. The number of thioether (sulfide) groups is 1. The van der Waals surface area contributed by atoms with Gasteiger partial charge in [-0.1, -0.05) is 23.8 Å². The number of benzene rings is 2. The van der Waals surface area contributed by atoms with Gasteiger partial charge in [-0.25, -0.2) is 0 Å². The maximum Gasteiger partial charge on any atom is 2.00 e. The quantitative estimate of drug-likeness (QED) is 0.442. The summed E-state index contributed by atoms with van der Waals surface area (Å²) in [6.45, 7) is 0. The van der Waals surface area contributed by atoms with Crippen LogP contribution in [0.3, 0.4) is 0 Å². The Morgan fingerprint density at radius 1 is 1.06 bits per heavy atom. The Balaban J connectivity index is 0.00000112. The van der Waals surface area contributed by atoms with Gasteiger partial charge in [0.2, 0.25) is 0 Å². The third kappa shape index (κ3) is 3.81. The van der Waals surface area contributed by atoms with Crippen molar-refractivity contribution in [3.05, 3.63) is 54.6 Å². The monoisotopic (exact) mass is 302 g/mol. The van der Waals surface area contributed by atoms with Crippen LogP contribution in [0.15, 0.2) is 53.4 Å². The van der Waals surface area contributed by atoms with E-state index >= 15 is 0 Å². The molecule has 0 saturated heterocycles. The normalized spacial score (nSPS) is 8.81. The first-order valence-electron chi connectivity index (χ1n) is 4.51. The molecule has 78 valence electrons. The average molecular weight is 304 g/mol. The molecule has 0 atom stereocenters. The minimum Gasteiger partial charge on any atom is -1.00 e. The molecule has 0 aliphatic rings. The van der Waals surface area contributed by atoms with Crippen molar-refractivity contribution < 1.29 is 17.0 Å². The number of hydrogen-bond acceptors (Lipinski definition) is 1. The van der Waals surface area contributed by atoms with Crippen LogP contribution in [0.4, 0.5) is 0 Å². The van der Waals surface area contributed by atoms with Gasteiger partial charge in [-0.3, -0.25) is 0 Å². The van der Waals surface area contributed by atoms with Crippen molar-refractivity contribution in [2.24, 2.45) is 0 Å². The summed E-state index contributed by atoms with van der Waals surface area (Å²) in [4.78, 5) is 1.31. The molecule has 0 N–H and O–H groups in total. The molecule has 0 aromatic heterocycles. The van der Waals surface area contributed by atoms with Crippen molar-refractivity contribution in [2.45, 2.75) is 4.90 Å². The van der Waals surface area contributed by atoms with Crippen molar-refractivity contribution in [3.63, 3.8) is 0 Å². The fourth-order valence-electron chi connectivity index (χ4n) is 1.44. The zero-order valence-corrected chi connectivity index (χ0v) is 12.9. The van der Waals surface area contributed by atoms with Gasteiger partial charge in [0.25, 0.3) is 0 Å². The second-order valence-corrected chi connectivity index (χ2v) is 3.84. The van der Waals surface area contributed by atoms with Gasteiger partial charge in [0.15, 0.2) is 0 Å². The van der Waals surface area contributed by atoms with E-state index in [9.17, 15) is 0 Å². The van der Waals surface area contributed by atoms with Crippen LogP contribution in [-0.4, -0.2) is 29.3 Å². The van der Waals surface area contributed by atoms with Gasteiger partial charge in [-0.05, 0) is 12.3 Å². The van der Waals surface area contributed by atoms with Gasteiger partial charge in [0.05, 0.1) is 0 Å². The minimum atomic E-state index is 0. The summed E-state index contributed by atoms with van der Waals surface area (Å²) in [5.74, 6) is 0. The molecule has 16 heavy (non-hydrogen) atoms. The van der Waals surface area contributed by atoms with Crippen molar-refractivity contribution in [1.82, 2.24) is 0 Å². The van der Waals surface area contributed by atoms with Gasteiger partial charge in [0, 0.05) is 4.90 Å². The number of halogens is 1. The van der Waals surface area contributed by atoms with Crippen molar-refractivity contribution >= 4 is 34.8 Å². The van der Waals surface area contributed by atoms with Crippen LogP contribution in [0, 0.1) is 6.07 Å². The predicted octanol–water partition coefficient (Wildman–Crippen LogP) is 0.499. The first-order valence-corrected chi connectivity index (χ1v) is 5.74. The van der Waals surface area contributed by atoms with Crippen molar-refractivity contribution in [2.75, 3.05) is 6.26 Å². The van der Waals surface area contributed by atoms with E-state index in [1.165, 1.54) is 16.0 Å². The van der Waals surface area contributed by atoms with Crippen molar-refractivity contribution in [1.29, 1.82) is 0 Å². The van der Waals surface area contributed by atoms with Crippen LogP contribution in [0.2, 0.25) is 0 Å². The van der Waals surface area contributed by atoms with E-state index in [1.807, 2.05) is 18.2 Å². The summed E-state index contributed by atoms with van der Waals surface area (Å²) in [6.07, 6.45) is 2.10. The maximum absolute atomic E-state index is 3.10. The van der Waals surface area contributed by atoms with E-state index in [1.54, 1.807) is 11.8 Å². The second kappa shape index (κ2) is 8.17. The topological polar surface area (TPSA) is 0 Å². The Kier molecular flexibility index (Phi) is 8.19.